The lowest BCUT2D eigenvalue weighted by Gasteiger charge is -2.36. The molecule has 3 fully saturated rings. The van der Waals surface area contributed by atoms with Crippen molar-refractivity contribution in [2.24, 2.45) is 17.8 Å². The zero-order chi connectivity index (χ0) is 17.9. The van der Waals surface area contributed by atoms with Crippen molar-refractivity contribution in [2.75, 3.05) is 19.6 Å². The molecule has 1 saturated heterocycles. The summed E-state index contributed by atoms with van der Waals surface area (Å²) in [6.07, 6.45) is 8.91. The zero-order valence-corrected chi connectivity index (χ0v) is 16.2. The van der Waals surface area contributed by atoms with Gasteiger partial charge in [-0.05, 0) is 55.4 Å². The van der Waals surface area contributed by atoms with E-state index in [-0.39, 0.29) is 0 Å². The van der Waals surface area contributed by atoms with E-state index in [1.165, 1.54) is 37.8 Å². The van der Waals surface area contributed by atoms with Gasteiger partial charge in [0, 0.05) is 31.6 Å². The van der Waals surface area contributed by atoms with Crippen LogP contribution in [-0.2, 0) is 4.79 Å². The first-order valence-corrected chi connectivity index (χ1v) is 10.8. The molecule has 0 bridgehead atoms. The summed E-state index contributed by atoms with van der Waals surface area (Å²) < 4.78 is 0. The van der Waals surface area contributed by atoms with Gasteiger partial charge in [-0.3, -0.25) is 4.79 Å². The first-order chi connectivity index (χ1) is 12.7. The fourth-order valence-corrected chi connectivity index (χ4v) is 5.12. The molecule has 3 atom stereocenters. The fraction of sp³-hybridized carbons (Fsp3) is 0.696. The van der Waals surface area contributed by atoms with Crippen molar-refractivity contribution in [1.82, 2.24) is 10.2 Å². The Morgan fingerprint density at radius 3 is 2.38 bits per heavy atom. The highest BCUT2D eigenvalue weighted by Crippen LogP contribution is 2.39. The average Bonchev–Trinajstić information content (AvgIpc) is 3.17. The monoisotopic (exact) mass is 354 g/mol. The number of amides is 1. The molecule has 0 unspecified atom stereocenters. The molecule has 0 radical (unpaired) electrons. The minimum Gasteiger partial charge on any atom is -0.353 e. The van der Waals surface area contributed by atoms with Gasteiger partial charge in [0.1, 0.15) is 0 Å². The highest BCUT2D eigenvalue weighted by Gasteiger charge is 2.40. The Labute approximate surface area is 158 Å². The van der Waals surface area contributed by atoms with Gasteiger partial charge in [-0.2, -0.15) is 0 Å². The standard InChI is InChI=1S/C23H34N2O/c1-17-15-21(17)23(26)24-20-11-13-25(14-12-20)16-22(19-9-5-6-10-19)18-7-3-2-4-8-18/h2-4,7-8,17,19-22H,5-6,9-16H2,1H3,(H,24,26)/t17-,21-,22-/m0/s1. The number of nitrogens with one attached hydrogen (secondary N) is 1. The molecule has 26 heavy (non-hydrogen) atoms. The van der Waals surface area contributed by atoms with Crippen molar-refractivity contribution in [3.8, 4) is 0 Å². The summed E-state index contributed by atoms with van der Waals surface area (Å²) in [5, 5.41) is 3.31. The largest absolute Gasteiger partial charge is 0.353 e. The molecule has 1 heterocycles. The summed E-state index contributed by atoms with van der Waals surface area (Å²) in [5.41, 5.74) is 1.53. The van der Waals surface area contributed by atoms with Crippen LogP contribution >= 0.6 is 0 Å². The van der Waals surface area contributed by atoms with Crippen molar-refractivity contribution >= 4 is 5.91 Å². The number of likely N-dealkylation sites (tertiary alicyclic amines) is 1. The van der Waals surface area contributed by atoms with Crippen molar-refractivity contribution in [1.29, 1.82) is 0 Å². The van der Waals surface area contributed by atoms with E-state index in [4.69, 9.17) is 0 Å². The maximum Gasteiger partial charge on any atom is 0.223 e. The van der Waals surface area contributed by atoms with Gasteiger partial charge in [0.25, 0.3) is 0 Å². The van der Waals surface area contributed by atoms with E-state index in [9.17, 15) is 4.79 Å². The van der Waals surface area contributed by atoms with Crippen LogP contribution in [0.4, 0.5) is 0 Å². The Morgan fingerprint density at radius 2 is 1.77 bits per heavy atom. The van der Waals surface area contributed by atoms with Gasteiger partial charge in [0.05, 0.1) is 0 Å². The summed E-state index contributed by atoms with van der Waals surface area (Å²) in [7, 11) is 0. The second-order valence-corrected chi connectivity index (χ2v) is 8.96. The normalized spacial score (nSPS) is 28.8. The lowest BCUT2D eigenvalue weighted by Crippen LogP contribution is -2.46. The molecule has 3 heteroatoms. The van der Waals surface area contributed by atoms with Crippen molar-refractivity contribution in [3.05, 3.63) is 35.9 Å². The maximum atomic E-state index is 12.2. The van der Waals surface area contributed by atoms with Crippen LogP contribution in [-0.4, -0.2) is 36.5 Å². The Balaban J connectivity index is 1.30. The smallest absolute Gasteiger partial charge is 0.223 e. The van der Waals surface area contributed by atoms with E-state index in [0.717, 1.165) is 38.3 Å². The van der Waals surface area contributed by atoms with E-state index >= 15 is 0 Å². The third kappa shape index (κ3) is 4.31. The molecule has 1 aromatic rings. The maximum absolute atomic E-state index is 12.2. The van der Waals surface area contributed by atoms with Crippen molar-refractivity contribution < 1.29 is 4.79 Å². The number of rotatable bonds is 6. The van der Waals surface area contributed by atoms with Gasteiger partial charge >= 0.3 is 0 Å². The molecule has 142 valence electrons. The Bertz CT molecular complexity index is 587. The predicted octanol–water partition coefficient (Wildman–Crippen LogP) is 4.20. The lowest BCUT2D eigenvalue weighted by molar-refractivity contribution is -0.123. The number of carbonyl (C=O) groups excluding carboxylic acids is 1. The van der Waals surface area contributed by atoms with Crippen LogP contribution in [0.15, 0.2) is 30.3 Å². The van der Waals surface area contributed by atoms with Crippen LogP contribution in [0.25, 0.3) is 0 Å². The van der Waals surface area contributed by atoms with Gasteiger partial charge in [-0.25, -0.2) is 0 Å². The zero-order valence-electron chi connectivity index (χ0n) is 16.2. The second kappa shape index (κ2) is 8.12. The van der Waals surface area contributed by atoms with Gasteiger partial charge < -0.3 is 10.2 Å². The molecule has 0 aromatic heterocycles. The number of hydrogen-bond acceptors (Lipinski definition) is 2. The number of carbonyl (C=O) groups is 1. The molecule has 1 aromatic carbocycles. The minimum atomic E-state index is 0.304. The summed E-state index contributed by atoms with van der Waals surface area (Å²) in [6, 6.07) is 11.6. The number of hydrogen-bond donors (Lipinski definition) is 1. The van der Waals surface area contributed by atoms with Crippen LogP contribution < -0.4 is 5.32 Å². The SMILES string of the molecule is C[C@H]1C[C@@H]1C(=O)NC1CCN(C[C@@H](c2ccccc2)C2CCCC2)CC1. The molecule has 0 spiro atoms. The molecule has 3 nitrogen and oxygen atoms in total. The Morgan fingerprint density at radius 1 is 1.12 bits per heavy atom. The molecular weight excluding hydrogens is 320 g/mol. The summed E-state index contributed by atoms with van der Waals surface area (Å²) in [6.45, 7) is 5.62. The van der Waals surface area contributed by atoms with Gasteiger partial charge in [0.2, 0.25) is 5.91 Å². The first kappa shape index (κ1) is 18.0. The van der Waals surface area contributed by atoms with E-state index in [0.29, 0.717) is 29.7 Å². The highest BCUT2D eigenvalue weighted by molar-refractivity contribution is 5.81. The van der Waals surface area contributed by atoms with E-state index in [2.05, 4.69) is 47.5 Å². The topological polar surface area (TPSA) is 32.3 Å². The van der Waals surface area contributed by atoms with Crippen molar-refractivity contribution in [3.63, 3.8) is 0 Å². The molecule has 1 amide bonds. The number of benzene rings is 1. The predicted molar refractivity (Wildman–Crippen MR) is 106 cm³/mol. The molecule has 1 aliphatic heterocycles. The van der Waals surface area contributed by atoms with Crippen LogP contribution in [0.3, 0.4) is 0 Å². The minimum absolute atomic E-state index is 0.304. The molecule has 1 N–H and O–H groups in total. The molecule has 3 aliphatic rings. The van der Waals surface area contributed by atoms with E-state index < -0.39 is 0 Å². The van der Waals surface area contributed by atoms with Crippen molar-refractivity contribution in [2.45, 2.75) is 63.8 Å². The quantitative estimate of drug-likeness (QED) is 0.830. The average molecular weight is 355 g/mol. The lowest BCUT2D eigenvalue weighted by atomic mass is 9.84. The number of piperidine rings is 1. The number of nitrogens with zero attached hydrogens (tertiary/aromatic N) is 1. The molecular formula is C23H34N2O. The summed E-state index contributed by atoms with van der Waals surface area (Å²) in [4.78, 5) is 14.8. The first-order valence-electron chi connectivity index (χ1n) is 10.8. The third-order valence-corrected chi connectivity index (χ3v) is 7.03. The molecule has 2 aliphatic carbocycles. The summed E-state index contributed by atoms with van der Waals surface area (Å²) >= 11 is 0. The van der Waals surface area contributed by atoms with Gasteiger partial charge in [0.15, 0.2) is 0 Å². The Kier molecular flexibility index (Phi) is 5.63. The van der Waals surface area contributed by atoms with Crippen LogP contribution in [0.2, 0.25) is 0 Å². The van der Waals surface area contributed by atoms with Gasteiger partial charge in [-0.1, -0.05) is 50.1 Å². The fourth-order valence-electron chi connectivity index (χ4n) is 5.12. The molecule has 2 saturated carbocycles. The van der Waals surface area contributed by atoms with E-state index in [1.807, 2.05) is 0 Å². The third-order valence-electron chi connectivity index (χ3n) is 7.03. The highest BCUT2D eigenvalue weighted by atomic mass is 16.2. The summed E-state index contributed by atoms with van der Waals surface area (Å²) in [5.74, 6) is 2.75. The van der Waals surface area contributed by atoms with Crippen LogP contribution in [0, 0.1) is 17.8 Å². The van der Waals surface area contributed by atoms with E-state index in [1.54, 1.807) is 0 Å². The van der Waals surface area contributed by atoms with Gasteiger partial charge in [-0.15, -0.1) is 0 Å². The van der Waals surface area contributed by atoms with Crippen LogP contribution in [0.1, 0.15) is 63.4 Å². The Hall–Kier alpha value is -1.35. The second-order valence-electron chi connectivity index (χ2n) is 8.96. The molecule has 4 rings (SSSR count). The van der Waals surface area contributed by atoms with Crippen LogP contribution in [0.5, 0.6) is 0 Å².